The summed E-state index contributed by atoms with van der Waals surface area (Å²) in [5.74, 6) is 2.10. The quantitative estimate of drug-likeness (QED) is 0.457. The molecule has 2 aromatic carbocycles. The van der Waals surface area contributed by atoms with Crippen molar-refractivity contribution in [3.05, 3.63) is 52.3 Å². The SMILES string of the molecule is COc1ccc2nc(SCc3nnc(-c4ccc(Cl)cc4Cl)o3)[nH]c2c1. The summed E-state index contributed by atoms with van der Waals surface area (Å²) in [7, 11) is 1.63. The van der Waals surface area contributed by atoms with Crippen LogP contribution in [0.25, 0.3) is 22.5 Å². The molecule has 0 fully saturated rings. The molecule has 0 spiro atoms. The van der Waals surface area contributed by atoms with Crippen molar-refractivity contribution in [2.75, 3.05) is 7.11 Å². The predicted octanol–water partition coefficient (Wildman–Crippen LogP) is 5.22. The lowest BCUT2D eigenvalue weighted by atomic mass is 10.2. The maximum absolute atomic E-state index is 6.17. The lowest BCUT2D eigenvalue weighted by molar-refractivity contribution is 0.415. The molecule has 2 aromatic heterocycles. The number of H-pyrrole nitrogens is 1. The monoisotopic (exact) mass is 406 g/mol. The minimum atomic E-state index is 0.358. The van der Waals surface area contributed by atoms with Gasteiger partial charge in [-0.25, -0.2) is 4.98 Å². The molecule has 0 unspecified atom stereocenters. The van der Waals surface area contributed by atoms with Crippen molar-refractivity contribution in [1.29, 1.82) is 0 Å². The van der Waals surface area contributed by atoms with Crippen molar-refractivity contribution in [2.24, 2.45) is 0 Å². The number of ether oxygens (including phenoxy) is 1. The van der Waals surface area contributed by atoms with Crippen LogP contribution in [0.15, 0.2) is 46.0 Å². The number of hydrogen-bond donors (Lipinski definition) is 1. The summed E-state index contributed by atoms with van der Waals surface area (Å²) in [5, 5.41) is 9.89. The molecule has 132 valence electrons. The van der Waals surface area contributed by atoms with Gasteiger partial charge in [-0.1, -0.05) is 35.0 Å². The zero-order valence-corrected chi connectivity index (χ0v) is 15.8. The summed E-state index contributed by atoms with van der Waals surface area (Å²) < 4.78 is 10.9. The van der Waals surface area contributed by atoms with Crippen LogP contribution in [0.1, 0.15) is 5.89 Å². The van der Waals surface area contributed by atoms with Gasteiger partial charge in [0.1, 0.15) is 5.75 Å². The molecule has 2 heterocycles. The fraction of sp³-hybridized carbons (Fsp3) is 0.118. The fourth-order valence-electron chi connectivity index (χ4n) is 2.37. The number of methoxy groups -OCH3 is 1. The van der Waals surface area contributed by atoms with Gasteiger partial charge in [0.15, 0.2) is 5.16 Å². The van der Waals surface area contributed by atoms with Gasteiger partial charge >= 0.3 is 0 Å². The van der Waals surface area contributed by atoms with E-state index < -0.39 is 0 Å². The Morgan fingerprint density at radius 1 is 1.15 bits per heavy atom. The van der Waals surface area contributed by atoms with Crippen LogP contribution in [-0.4, -0.2) is 27.3 Å². The van der Waals surface area contributed by atoms with Gasteiger partial charge in [0.25, 0.3) is 0 Å². The largest absolute Gasteiger partial charge is 0.497 e. The molecule has 6 nitrogen and oxygen atoms in total. The fourth-order valence-corrected chi connectivity index (χ4v) is 3.59. The summed E-state index contributed by atoms with van der Waals surface area (Å²) in [4.78, 5) is 7.76. The standard InChI is InChI=1S/C17H12Cl2N4O2S/c1-24-10-3-5-13-14(7-10)21-17(20-13)26-8-15-22-23-16(25-15)11-4-2-9(18)6-12(11)19/h2-7H,8H2,1H3,(H,20,21). The molecule has 1 N–H and O–H groups in total. The summed E-state index contributed by atoms with van der Waals surface area (Å²) in [6.07, 6.45) is 0. The van der Waals surface area contributed by atoms with Crippen molar-refractivity contribution in [2.45, 2.75) is 10.9 Å². The Kier molecular flexibility index (Phi) is 4.76. The number of nitrogens with one attached hydrogen (secondary N) is 1. The average Bonchev–Trinajstić information content (AvgIpc) is 3.25. The third kappa shape index (κ3) is 3.51. The normalized spacial score (nSPS) is 11.2. The Balaban J connectivity index is 1.49. The predicted molar refractivity (Wildman–Crippen MR) is 102 cm³/mol. The van der Waals surface area contributed by atoms with Crippen LogP contribution in [0.3, 0.4) is 0 Å². The number of aromatic nitrogens is 4. The minimum Gasteiger partial charge on any atom is -0.497 e. The van der Waals surface area contributed by atoms with E-state index in [0.29, 0.717) is 33.1 Å². The molecule has 4 rings (SSSR count). The van der Waals surface area contributed by atoms with Gasteiger partial charge in [-0.2, -0.15) is 0 Å². The van der Waals surface area contributed by atoms with E-state index in [1.807, 2.05) is 18.2 Å². The van der Waals surface area contributed by atoms with E-state index >= 15 is 0 Å². The van der Waals surface area contributed by atoms with E-state index in [2.05, 4.69) is 20.2 Å². The zero-order valence-electron chi connectivity index (χ0n) is 13.5. The van der Waals surface area contributed by atoms with E-state index in [1.54, 1.807) is 25.3 Å². The molecule has 0 aliphatic rings. The number of aromatic amines is 1. The van der Waals surface area contributed by atoms with Crippen LogP contribution in [0, 0.1) is 0 Å². The first-order valence-electron chi connectivity index (χ1n) is 7.57. The van der Waals surface area contributed by atoms with Crippen LogP contribution >= 0.6 is 35.0 Å². The van der Waals surface area contributed by atoms with E-state index in [4.69, 9.17) is 32.4 Å². The first kappa shape index (κ1) is 17.2. The van der Waals surface area contributed by atoms with Gasteiger partial charge < -0.3 is 14.1 Å². The second-order valence-corrected chi connectivity index (χ2v) is 7.15. The number of hydrogen-bond acceptors (Lipinski definition) is 6. The van der Waals surface area contributed by atoms with Crippen molar-refractivity contribution in [1.82, 2.24) is 20.2 Å². The first-order chi connectivity index (χ1) is 12.6. The Labute approximate surface area is 162 Å². The number of fused-ring (bicyclic) bond motifs is 1. The summed E-state index contributed by atoms with van der Waals surface area (Å²) >= 11 is 13.6. The highest BCUT2D eigenvalue weighted by molar-refractivity contribution is 7.98. The topological polar surface area (TPSA) is 76.8 Å². The highest BCUT2D eigenvalue weighted by Gasteiger charge is 2.13. The molecule has 0 amide bonds. The smallest absolute Gasteiger partial charge is 0.249 e. The van der Waals surface area contributed by atoms with Crippen LogP contribution in [0.2, 0.25) is 10.0 Å². The van der Waals surface area contributed by atoms with Crippen LogP contribution in [0.5, 0.6) is 5.75 Å². The molecule has 9 heteroatoms. The molecule has 0 radical (unpaired) electrons. The Morgan fingerprint density at radius 2 is 2.04 bits per heavy atom. The summed E-state index contributed by atoms with van der Waals surface area (Å²) in [6, 6.07) is 10.8. The van der Waals surface area contributed by atoms with Gasteiger partial charge in [0.05, 0.1) is 34.5 Å². The van der Waals surface area contributed by atoms with Crippen molar-refractivity contribution >= 4 is 46.0 Å². The maximum Gasteiger partial charge on any atom is 0.249 e. The third-order valence-electron chi connectivity index (χ3n) is 3.63. The molecule has 0 atom stereocenters. The Bertz CT molecular complexity index is 1080. The lowest BCUT2D eigenvalue weighted by Gasteiger charge is -1.98. The molecule has 0 bridgehead atoms. The second kappa shape index (κ2) is 7.19. The van der Waals surface area contributed by atoms with E-state index in [0.717, 1.165) is 21.9 Å². The van der Waals surface area contributed by atoms with E-state index in [-0.39, 0.29) is 0 Å². The highest BCUT2D eigenvalue weighted by Crippen LogP contribution is 2.31. The molecule has 0 aliphatic heterocycles. The molecule has 0 saturated heterocycles. The highest BCUT2D eigenvalue weighted by atomic mass is 35.5. The van der Waals surface area contributed by atoms with Gasteiger partial charge in [0.2, 0.25) is 11.8 Å². The lowest BCUT2D eigenvalue weighted by Crippen LogP contribution is -1.81. The minimum absolute atomic E-state index is 0.358. The number of imidazole rings is 1. The van der Waals surface area contributed by atoms with Gasteiger partial charge in [-0.3, -0.25) is 0 Å². The molecular weight excluding hydrogens is 395 g/mol. The number of rotatable bonds is 5. The summed E-state index contributed by atoms with van der Waals surface area (Å²) in [5.41, 5.74) is 2.43. The van der Waals surface area contributed by atoms with E-state index in [9.17, 15) is 0 Å². The zero-order chi connectivity index (χ0) is 18.1. The molecule has 0 saturated carbocycles. The van der Waals surface area contributed by atoms with Gasteiger partial charge in [0, 0.05) is 11.1 Å². The Hall–Kier alpha value is -2.22. The maximum atomic E-state index is 6.17. The average molecular weight is 407 g/mol. The second-order valence-electron chi connectivity index (χ2n) is 5.34. The molecule has 0 aliphatic carbocycles. The van der Waals surface area contributed by atoms with Crippen LogP contribution in [-0.2, 0) is 5.75 Å². The molecule has 4 aromatic rings. The van der Waals surface area contributed by atoms with Crippen molar-refractivity contribution in [3.8, 4) is 17.2 Å². The molecular formula is C17H12Cl2N4O2S. The number of nitrogens with zero attached hydrogens (tertiary/aromatic N) is 3. The number of thioether (sulfide) groups is 1. The van der Waals surface area contributed by atoms with Crippen molar-refractivity contribution in [3.63, 3.8) is 0 Å². The van der Waals surface area contributed by atoms with Crippen LogP contribution < -0.4 is 4.74 Å². The molecule has 26 heavy (non-hydrogen) atoms. The number of halogens is 2. The number of benzene rings is 2. The summed E-state index contributed by atoms with van der Waals surface area (Å²) in [6.45, 7) is 0. The van der Waals surface area contributed by atoms with Crippen LogP contribution in [0.4, 0.5) is 0 Å². The van der Waals surface area contributed by atoms with Crippen molar-refractivity contribution < 1.29 is 9.15 Å². The van der Waals surface area contributed by atoms with E-state index in [1.165, 1.54) is 11.8 Å². The Morgan fingerprint density at radius 3 is 2.85 bits per heavy atom. The van der Waals surface area contributed by atoms with Gasteiger partial charge in [-0.15, -0.1) is 10.2 Å². The van der Waals surface area contributed by atoms with Gasteiger partial charge in [-0.05, 0) is 30.3 Å². The third-order valence-corrected chi connectivity index (χ3v) is 5.03. The first-order valence-corrected chi connectivity index (χ1v) is 9.31.